The number of piperidine rings is 1. The highest BCUT2D eigenvalue weighted by Crippen LogP contribution is 2.31. The zero-order valence-corrected chi connectivity index (χ0v) is 21.7. The minimum Gasteiger partial charge on any atom is -0.496 e. The quantitative estimate of drug-likeness (QED) is 0.247. The number of halogens is 1. The number of ether oxygens (including phenoxy) is 1. The zero-order valence-electron chi connectivity index (χ0n) is 19.3. The van der Waals surface area contributed by atoms with E-state index >= 15 is 0 Å². The number of aliphatic imine (C=N–C) groups is 1. The van der Waals surface area contributed by atoms with Crippen LogP contribution in [0, 0.1) is 0 Å². The van der Waals surface area contributed by atoms with Gasteiger partial charge in [-0.15, -0.1) is 24.0 Å². The summed E-state index contributed by atoms with van der Waals surface area (Å²) in [4.78, 5) is 7.15. The van der Waals surface area contributed by atoms with Gasteiger partial charge >= 0.3 is 0 Å². The number of nitrogens with one attached hydrogen (secondary N) is 2. The van der Waals surface area contributed by atoms with E-state index in [1.165, 1.54) is 24.8 Å². The van der Waals surface area contributed by atoms with Gasteiger partial charge in [0.2, 0.25) is 0 Å². The van der Waals surface area contributed by atoms with Crippen LogP contribution in [0.4, 0.5) is 0 Å². The molecule has 2 heterocycles. The van der Waals surface area contributed by atoms with Gasteiger partial charge in [0.05, 0.1) is 26.0 Å². The van der Waals surface area contributed by atoms with Gasteiger partial charge in [0.25, 0.3) is 0 Å². The van der Waals surface area contributed by atoms with Crippen LogP contribution in [0.1, 0.15) is 50.5 Å². The molecule has 178 valence electrons. The van der Waals surface area contributed by atoms with Gasteiger partial charge in [-0.1, -0.05) is 24.6 Å². The van der Waals surface area contributed by atoms with Crippen LogP contribution in [0.15, 0.2) is 52.1 Å². The van der Waals surface area contributed by atoms with Crippen molar-refractivity contribution in [2.75, 3.05) is 39.8 Å². The number of benzene rings is 1. The highest BCUT2D eigenvalue weighted by molar-refractivity contribution is 14.0. The maximum absolute atomic E-state index is 10.7. The van der Waals surface area contributed by atoms with E-state index in [4.69, 9.17) is 9.15 Å². The fourth-order valence-electron chi connectivity index (χ4n) is 4.04. The first kappa shape index (κ1) is 26.5. The first-order chi connectivity index (χ1) is 15.0. The smallest absolute Gasteiger partial charge is 0.191 e. The molecule has 0 aliphatic carbocycles. The lowest BCUT2D eigenvalue weighted by Gasteiger charge is -2.36. The van der Waals surface area contributed by atoms with Crippen molar-refractivity contribution >= 4 is 29.9 Å². The Labute approximate surface area is 208 Å². The van der Waals surface area contributed by atoms with Gasteiger partial charge in [-0.3, -0.25) is 4.90 Å². The summed E-state index contributed by atoms with van der Waals surface area (Å²) in [6.45, 7) is 7.51. The molecule has 8 heteroatoms. The van der Waals surface area contributed by atoms with Gasteiger partial charge in [-0.2, -0.15) is 0 Å². The van der Waals surface area contributed by atoms with Gasteiger partial charge in [0.1, 0.15) is 17.1 Å². The summed E-state index contributed by atoms with van der Waals surface area (Å²) in [6, 6.07) is 11.9. The maximum Gasteiger partial charge on any atom is 0.191 e. The molecule has 0 bridgehead atoms. The second-order valence-electron chi connectivity index (χ2n) is 8.18. The summed E-state index contributed by atoms with van der Waals surface area (Å²) in [7, 11) is 1.72. The Hall–Kier alpha value is -1.78. The molecule has 0 amide bonds. The van der Waals surface area contributed by atoms with Gasteiger partial charge in [0, 0.05) is 18.7 Å². The molecule has 1 saturated heterocycles. The van der Waals surface area contributed by atoms with Crippen LogP contribution in [0.3, 0.4) is 0 Å². The molecule has 0 spiro atoms. The van der Waals surface area contributed by atoms with Crippen molar-refractivity contribution in [3.05, 3.63) is 54.0 Å². The first-order valence-corrected chi connectivity index (χ1v) is 11.2. The Balaban J connectivity index is 0.00000363. The standard InChI is InChI=1S/C24H36N4O3.HI/c1-4-25-23(27-18-24(2,29)22-13-10-16-31-22)26-17-20(28-14-8-5-9-15-28)19-11-6-7-12-21(19)30-3;/h6-7,10-13,16,20,29H,4-5,8-9,14-15,17-18H2,1-3H3,(H2,25,26,27);1H. The molecule has 3 rings (SSSR count). The summed E-state index contributed by atoms with van der Waals surface area (Å²) in [6.07, 6.45) is 5.28. The predicted octanol–water partition coefficient (Wildman–Crippen LogP) is 3.90. The number of nitrogens with zero attached hydrogens (tertiary/aromatic N) is 2. The molecule has 7 nitrogen and oxygen atoms in total. The van der Waals surface area contributed by atoms with Crippen LogP contribution in [0.2, 0.25) is 0 Å². The molecule has 0 saturated carbocycles. The fourth-order valence-corrected chi connectivity index (χ4v) is 4.04. The fraction of sp³-hybridized carbons (Fsp3) is 0.542. The number of aliphatic hydroxyl groups is 1. The second kappa shape index (κ2) is 13.1. The minimum absolute atomic E-state index is 0. The van der Waals surface area contributed by atoms with Crippen LogP contribution in [0.25, 0.3) is 0 Å². The van der Waals surface area contributed by atoms with E-state index in [0.717, 1.165) is 25.4 Å². The van der Waals surface area contributed by atoms with Crippen molar-refractivity contribution in [1.29, 1.82) is 0 Å². The van der Waals surface area contributed by atoms with Crippen molar-refractivity contribution in [2.45, 2.75) is 44.8 Å². The van der Waals surface area contributed by atoms with Crippen molar-refractivity contribution in [2.24, 2.45) is 4.99 Å². The molecule has 1 aromatic heterocycles. The number of hydrogen-bond donors (Lipinski definition) is 3. The largest absolute Gasteiger partial charge is 0.496 e. The Morgan fingerprint density at radius 2 is 1.94 bits per heavy atom. The SMILES string of the molecule is CCNC(=NCC(C)(O)c1ccco1)NCC(c1ccccc1OC)N1CCCCC1.I. The summed E-state index contributed by atoms with van der Waals surface area (Å²) < 4.78 is 11.0. The second-order valence-corrected chi connectivity index (χ2v) is 8.18. The lowest BCUT2D eigenvalue weighted by molar-refractivity contribution is 0.0436. The average Bonchev–Trinajstić information content (AvgIpc) is 3.35. The number of guanidine groups is 1. The molecular formula is C24H37IN4O3. The third-order valence-corrected chi connectivity index (χ3v) is 5.73. The topological polar surface area (TPSA) is 82.3 Å². The van der Waals surface area contributed by atoms with Gasteiger partial charge < -0.3 is 24.9 Å². The number of likely N-dealkylation sites (tertiary alicyclic amines) is 1. The van der Waals surface area contributed by atoms with Crippen molar-refractivity contribution in [1.82, 2.24) is 15.5 Å². The first-order valence-electron chi connectivity index (χ1n) is 11.2. The van der Waals surface area contributed by atoms with Gasteiger partial charge in [-0.05, 0) is 58.0 Å². The number of para-hydroxylation sites is 1. The van der Waals surface area contributed by atoms with E-state index in [9.17, 15) is 5.11 Å². The summed E-state index contributed by atoms with van der Waals surface area (Å²) in [5.74, 6) is 2.08. The molecule has 1 aromatic carbocycles. The minimum atomic E-state index is -1.17. The molecule has 2 atom stereocenters. The van der Waals surface area contributed by atoms with Crippen molar-refractivity contribution in [3.63, 3.8) is 0 Å². The summed E-state index contributed by atoms with van der Waals surface area (Å²) in [5, 5.41) is 17.5. The van der Waals surface area contributed by atoms with Gasteiger partial charge in [0.15, 0.2) is 5.96 Å². The predicted molar refractivity (Wildman–Crippen MR) is 139 cm³/mol. The molecule has 1 aliphatic heterocycles. The Bertz CT molecular complexity index is 820. The number of methoxy groups -OCH3 is 1. The number of hydrogen-bond acceptors (Lipinski definition) is 5. The van der Waals surface area contributed by atoms with Crippen LogP contribution < -0.4 is 15.4 Å². The third kappa shape index (κ3) is 7.11. The van der Waals surface area contributed by atoms with E-state index < -0.39 is 5.60 Å². The molecule has 2 unspecified atom stereocenters. The van der Waals surface area contributed by atoms with Crippen LogP contribution >= 0.6 is 24.0 Å². The molecule has 2 aromatic rings. The Morgan fingerprint density at radius 1 is 1.19 bits per heavy atom. The average molecular weight is 556 g/mol. The van der Waals surface area contributed by atoms with E-state index in [1.54, 1.807) is 32.4 Å². The molecular weight excluding hydrogens is 519 g/mol. The molecule has 3 N–H and O–H groups in total. The van der Waals surface area contributed by atoms with Crippen molar-refractivity contribution < 1.29 is 14.3 Å². The van der Waals surface area contributed by atoms with Crippen molar-refractivity contribution in [3.8, 4) is 5.75 Å². The maximum atomic E-state index is 10.7. The third-order valence-electron chi connectivity index (χ3n) is 5.73. The highest BCUT2D eigenvalue weighted by atomic mass is 127. The van der Waals surface area contributed by atoms with Crippen LogP contribution in [-0.4, -0.2) is 55.8 Å². The molecule has 0 radical (unpaired) electrons. The van der Waals surface area contributed by atoms with E-state index in [2.05, 4.69) is 32.7 Å². The molecule has 1 aliphatic rings. The molecule has 1 fully saturated rings. The zero-order chi connectivity index (χ0) is 22.1. The number of furan rings is 1. The summed E-state index contributed by atoms with van der Waals surface area (Å²) >= 11 is 0. The van der Waals surface area contributed by atoms with Crippen LogP contribution in [-0.2, 0) is 5.60 Å². The van der Waals surface area contributed by atoms with E-state index in [-0.39, 0.29) is 36.6 Å². The van der Waals surface area contributed by atoms with Crippen LogP contribution in [0.5, 0.6) is 5.75 Å². The molecule has 32 heavy (non-hydrogen) atoms. The lowest BCUT2D eigenvalue weighted by Crippen LogP contribution is -2.45. The Kier molecular flexibility index (Phi) is 10.8. The van der Waals surface area contributed by atoms with Gasteiger partial charge in [-0.25, -0.2) is 4.99 Å². The number of rotatable bonds is 9. The van der Waals surface area contributed by atoms with E-state index in [0.29, 0.717) is 18.3 Å². The summed E-state index contributed by atoms with van der Waals surface area (Å²) in [5.41, 5.74) is 0.0126. The normalized spacial score (nSPS) is 17.7. The lowest BCUT2D eigenvalue weighted by atomic mass is 10.0. The monoisotopic (exact) mass is 556 g/mol. The van der Waals surface area contributed by atoms with E-state index in [1.807, 2.05) is 19.1 Å². The Morgan fingerprint density at radius 3 is 2.59 bits per heavy atom. The highest BCUT2D eigenvalue weighted by Gasteiger charge is 2.27.